The Labute approximate surface area is 207 Å². The van der Waals surface area contributed by atoms with Gasteiger partial charge in [-0.1, -0.05) is 60.7 Å². The highest BCUT2D eigenvalue weighted by molar-refractivity contribution is 9.28. The van der Waals surface area contributed by atoms with Gasteiger partial charge < -0.3 is 23.7 Å². The Morgan fingerprint density at radius 1 is 1.00 bits per heavy atom. The van der Waals surface area contributed by atoms with Crippen molar-refractivity contribution in [3.05, 3.63) is 81.3 Å². The largest absolute Gasteiger partial charge is 0.373 e. The molecule has 4 atom stereocenters. The van der Waals surface area contributed by atoms with Gasteiger partial charge in [0.15, 0.2) is 6.29 Å². The molecule has 174 valence electrons. The molecule has 0 aliphatic carbocycles. The average Bonchev–Trinajstić information content (AvgIpc) is 3.04. The van der Waals surface area contributed by atoms with Gasteiger partial charge >= 0.3 is 0 Å². The van der Waals surface area contributed by atoms with Crippen molar-refractivity contribution in [2.24, 2.45) is 0 Å². The molecule has 0 N–H and O–H groups in total. The normalized spacial score (nSPS) is 25.2. The first kappa shape index (κ1) is 25.6. The van der Waals surface area contributed by atoms with Crippen LogP contribution in [-0.2, 0) is 36.9 Å². The number of hydrogen-bond donors (Lipinski definition) is 0. The van der Waals surface area contributed by atoms with Gasteiger partial charge in [-0.2, -0.15) is 0 Å². The van der Waals surface area contributed by atoms with E-state index in [2.05, 4.69) is 31.9 Å². The second-order valence-electron chi connectivity index (χ2n) is 7.96. The Balaban J connectivity index is 1.86. The van der Waals surface area contributed by atoms with E-state index in [0.29, 0.717) is 13.2 Å². The summed E-state index contributed by atoms with van der Waals surface area (Å²) in [6.07, 6.45) is 0.388. The maximum absolute atomic E-state index is 6.48. The molecule has 32 heavy (non-hydrogen) atoms. The quantitative estimate of drug-likeness (QED) is 0.334. The van der Waals surface area contributed by atoms with E-state index < -0.39 is 24.1 Å². The van der Waals surface area contributed by atoms with Crippen LogP contribution in [0.25, 0.3) is 0 Å². The van der Waals surface area contributed by atoms with Crippen molar-refractivity contribution in [1.29, 1.82) is 0 Å². The van der Waals surface area contributed by atoms with Gasteiger partial charge in [0.2, 0.25) is 0 Å². The zero-order valence-electron chi connectivity index (χ0n) is 18.6. The lowest BCUT2D eigenvalue weighted by atomic mass is 9.95. The van der Waals surface area contributed by atoms with Crippen molar-refractivity contribution in [2.45, 2.75) is 57.3 Å². The summed E-state index contributed by atoms with van der Waals surface area (Å²) in [7, 11) is 1.65. The lowest BCUT2D eigenvalue weighted by molar-refractivity contribution is -0.208. The highest BCUT2D eigenvalue weighted by Gasteiger charge is 2.56. The summed E-state index contributed by atoms with van der Waals surface area (Å²) in [5.74, 6) is 0. The van der Waals surface area contributed by atoms with Gasteiger partial charge in [0.1, 0.15) is 17.8 Å². The molecule has 3 rings (SSSR count). The second-order valence-corrected chi connectivity index (χ2v) is 10.7. The number of ether oxygens (including phenoxy) is 5. The minimum Gasteiger partial charge on any atom is -0.373 e. The first-order chi connectivity index (χ1) is 15.4. The zero-order valence-corrected chi connectivity index (χ0v) is 21.8. The van der Waals surface area contributed by atoms with E-state index in [-0.39, 0.29) is 12.7 Å². The third-order valence-corrected chi connectivity index (χ3v) is 5.59. The molecule has 1 aliphatic heterocycles. The Bertz CT molecular complexity index is 842. The Morgan fingerprint density at radius 3 is 2.12 bits per heavy atom. The molecule has 2 aromatic carbocycles. The van der Waals surface area contributed by atoms with Gasteiger partial charge in [0, 0.05) is 7.11 Å². The molecular weight excluding hydrogens is 540 g/mol. The zero-order chi connectivity index (χ0) is 23.0. The molecule has 0 aromatic heterocycles. The van der Waals surface area contributed by atoms with Gasteiger partial charge in [-0.05, 0) is 62.9 Å². The molecule has 7 heteroatoms. The van der Waals surface area contributed by atoms with E-state index in [1.807, 2.05) is 80.6 Å². The average molecular weight is 570 g/mol. The van der Waals surface area contributed by atoms with Gasteiger partial charge in [0.05, 0.1) is 29.3 Å². The summed E-state index contributed by atoms with van der Waals surface area (Å²) in [6.45, 7) is 5.08. The number of halogens is 2. The van der Waals surface area contributed by atoms with Crippen LogP contribution >= 0.6 is 31.9 Å². The number of hydrogen-bond acceptors (Lipinski definition) is 5. The fourth-order valence-electron chi connectivity index (χ4n) is 3.74. The molecule has 1 saturated heterocycles. The van der Waals surface area contributed by atoms with Crippen molar-refractivity contribution in [3.63, 3.8) is 0 Å². The molecule has 0 radical (unpaired) electrons. The molecule has 0 amide bonds. The van der Waals surface area contributed by atoms with Crippen LogP contribution in [0.5, 0.6) is 0 Å². The van der Waals surface area contributed by atoms with Gasteiger partial charge in [0.25, 0.3) is 0 Å². The van der Waals surface area contributed by atoms with Crippen LogP contribution in [0.1, 0.15) is 25.0 Å². The van der Waals surface area contributed by atoms with Gasteiger partial charge in [-0.25, -0.2) is 0 Å². The van der Waals surface area contributed by atoms with E-state index in [9.17, 15) is 0 Å². The molecule has 0 spiro atoms. The second kappa shape index (κ2) is 12.4. The minimum atomic E-state index is -0.924. The third kappa shape index (κ3) is 6.97. The molecule has 4 unspecified atom stereocenters. The summed E-state index contributed by atoms with van der Waals surface area (Å²) in [4.78, 5) is 0. The standard InChI is InChI=1S/C25H30Br2O5/c1-18(2)31-24-22(28-3)23(30-16-20-12-8-5-9-13-20)25(32-24,14-21(26)27)17-29-15-19-10-6-4-7-11-19/h4-14,18,22-24H,15-17H2,1-3H3. The van der Waals surface area contributed by atoms with Crippen LogP contribution in [0.2, 0.25) is 0 Å². The molecule has 1 aliphatic rings. The molecule has 0 saturated carbocycles. The first-order valence-corrected chi connectivity index (χ1v) is 12.2. The van der Waals surface area contributed by atoms with Crippen LogP contribution in [0.3, 0.4) is 0 Å². The summed E-state index contributed by atoms with van der Waals surface area (Å²) < 4.78 is 31.7. The molecule has 5 nitrogen and oxygen atoms in total. The predicted molar refractivity (Wildman–Crippen MR) is 132 cm³/mol. The first-order valence-electron chi connectivity index (χ1n) is 10.6. The molecule has 1 heterocycles. The lowest BCUT2D eigenvalue weighted by Crippen LogP contribution is -2.47. The summed E-state index contributed by atoms with van der Waals surface area (Å²) >= 11 is 7.00. The molecular formula is C25H30Br2O5. The van der Waals surface area contributed by atoms with E-state index in [0.717, 1.165) is 14.5 Å². The van der Waals surface area contributed by atoms with Gasteiger partial charge in [-0.3, -0.25) is 0 Å². The SMILES string of the molecule is COC1C(OC(C)C)OC(C=C(Br)Br)(COCc2ccccc2)C1OCc1ccccc1. The highest BCUT2D eigenvalue weighted by atomic mass is 79.9. The summed E-state index contributed by atoms with van der Waals surface area (Å²) in [5.41, 5.74) is 1.23. The van der Waals surface area contributed by atoms with Crippen molar-refractivity contribution in [1.82, 2.24) is 0 Å². The summed E-state index contributed by atoms with van der Waals surface area (Å²) in [5, 5.41) is 0. The van der Waals surface area contributed by atoms with Crippen LogP contribution in [-0.4, -0.2) is 43.9 Å². The number of rotatable bonds is 11. The van der Waals surface area contributed by atoms with E-state index >= 15 is 0 Å². The monoisotopic (exact) mass is 568 g/mol. The fourth-order valence-corrected chi connectivity index (χ4v) is 4.51. The third-order valence-electron chi connectivity index (χ3n) is 5.13. The van der Waals surface area contributed by atoms with Crippen molar-refractivity contribution >= 4 is 31.9 Å². The smallest absolute Gasteiger partial charge is 0.187 e. The van der Waals surface area contributed by atoms with Crippen molar-refractivity contribution < 1.29 is 23.7 Å². The highest BCUT2D eigenvalue weighted by Crippen LogP contribution is 2.40. The maximum atomic E-state index is 6.48. The van der Waals surface area contributed by atoms with Crippen LogP contribution in [0, 0.1) is 0 Å². The van der Waals surface area contributed by atoms with E-state index in [1.54, 1.807) is 7.11 Å². The number of methoxy groups -OCH3 is 1. The fraction of sp³-hybridized carbons (Fsp3) is 0.440. The molecule has 1 fully saturated rings. The van der Waals surface area contributed by atoms with Crippen molar-refractivity contribution in [2.75, 3.05) is 13.7 Å². The van der Waals surface area contributed by atoms with E-state index in [4.69, 9.17) is 23.7 Å². The lowest BCUT2D eigenvalue weighted by Gasteiger charge is -2.32. The van der Waals surface area contributed by atoms with Crippen LogP contribution < -0.4 is 0 Å². The Morgan fingerprint density at radius 2 is 1.59 bits per heavy atom. The number of benzene rings is 2. The predicted octanol–water partition coefficient (Wildman–Crippen LogP) is 5.95. The minimum absolute atomic E-state index is 0.0372. The maximum Gasteiger partial charge on any atom is 0.187 e. The van der Waals surface area contributed by atoms with Crippen LogP contribution in [0.15, 0.2) is 70.1 Å². The Kier molecular flexibility index (Phi) is 9.92. The van der Waals surface area contributed by atoms with Gasteiger partial charge in [-0.15, -0.1) is 0 Å². The van der Waals surface area contributed by atoms with Crippen LogP contribution in [0.4, 0.5) is 0 Å². The topological polar surface area (TPSA) is 46.2 Å². The van der Waals surface area contributed by atoms with Crippen molar-refractivity contribution in [3.8, 4) is 0 Å². The molecule has 2 aromatic rings. The Hall–Kier alpha value is -1.06. The van der Waals surface area contributed by atoms with E-state index in [1.165, 1.54) is 0 Å². The molecule has 0 bridgehead atoms. The summed E-state index contributed by atoms with van der Waals surface area (Å²) in [6, 6.07) is 20.1.